The fourth-order valence-corrected chi connectivity index (χ4v) is 4.59. The zero-order valence-electron chi connectivity index (χ0n) is 18.6. The minimum atomic E-state index is -0.964. The van der Waals surface area contributed by atoms with E-state index >= 15 is 0 Å². The van der Waals surface area contributed by atoms with E-state index in [2.05, 4.69) is 11.9 Å². The molecular formula is C23H40N2O4S. The summed E-state index contributed by atoms with van der Waals surface area (Å²) >= 11 is 1.15. The number of nitrogens with zero attached hydrogens (tertiary/aromatic N) is 2. The summed E-state index contributed by atoms with van der Waals surface area (Å²) in [6.45, 7) is 2.05. The third-order valence-electron chi connectivity index (χ3n) is 5.33. The molecule has 7 heteroatoms. The SMILES string of the molecule is CCCCCCCCCCCCCCCCC(Sc1nccn1CC(=O)O)C(=O)O. The monoisotopic (exact) mass is 440 g/mol. The minimum Gasteiger partial charge on any atom is -0.480 e. The van der Waals surface area contributed by atoms with Crippen LogP contribution in [0.2, 0.25) is 0 Å². The molecule has 1 unspecified atom stereocenters. The summed E-state index contributed by atoms with van der Waals surface area (Å²) in [5.74, 6) is -1.83. The summed E-state index contributed by atoms with van der Waals surface area (Å²) in [6.07, 6.45) is 21.5. The summed E-state index contributed by atoms with van der Waals surface area (Å²) < 4.78 is 1.48. The molecule has 0 aliphatic heterocycles. The summed E-state index contributed by atoms with van der Waals surface area (Å²) in [7, 11) is 0. The van der Waals surface area contributed by atoms with Crippen LogP contribution >= 0.6 is 11.8 Å². The molecule has 0 bridgehead atoms. The first-order chi connectivity index (χ1) is 14.5. The highest BCUT2D eigenvalue weighted by Gasteiger charge is 2.21. The van der Waals surface area contributed by atoms with Crippen LogP contribution in [0.15, 0.2) is 17.6 Å². The van der Waals surface area contributed by atoms with Crippen LogP contribution in [0.5, 0.6) is 0 Å². The number of hydrogen-bond acceptors (Lipinski definition) is 4. The summed E-state index contributed by atoms with van der Waals surface area (Å²) in [5, 5.41) is 18.3. The van der Waals surface area contributed by atoms with E-state index in [9.17, 15) is 14.7 Å². The van der Waals surface area contributed by atoms with Crippen molar-refractivity contribution >= 4 is 23.7 Å². The Bertz CT molecular complexity index is 592. The Morgan fingerprint density at radius 3 is 1.87 bits per heavy atom. The molecule has 0 aromatic carbocycles. The molecule has 0 radical (unpaired) electrons. The van der Waals surface area contributed by atoms with Crippen LogP contribution in [0.3, 0.4) is 0 Å². The molecule has 0 spiro atoms. The lowest BCUT2D eigenvalue weighted by atomic mass is 10.0. The van der Waals surface area contributed by atoms with Gasteiger partial charge in [-0.15, -0.1) is 0 Å². The van der Waals surface area contributed by atoms with E-state index in [0.717, 1.165) is 31.0 Å². The second kappa shape index (κ2) is 17.2. The van der Waals surface area contributed by atoms with Gasteiger partial charge in [0.25, 0.3) is 0 Å². The highest BCUT2D eigenvalue weighted by Crippen LogP contribution is 2.26. The van der Waals surface area contributed by atoms with E-state index in [0.29, 0.717) is 11.6 Å². The van der Waals surface area contributed by atoms with Gasteiger partial charge in [0, 0.05) is 12.4 Å². The number of carboxylic acid groups (broad SMARTS) is 2. The van der Waals surface area contributed by atoms with E-state index < -0.39 is 17.2 Å². The molecule has 1 heterocycles. The van der Waals surface area contributed by atoms with Gasteiger partial charge in [0.1, 0.15) is 11.8 Å². The second-order valence-electron chi connectivity index (χ2n) is 8.06. The summed E-state index contributed by atoms with van der Waals surface area (Å²) in [5.41, 5.74) is 0. The number of imidazole rings is 1. The Kier molecular flexibility index (Phi) is 15.2. The molecule has 1 aromatic rings. The van der Waals surface area contributed by atoms with Crippen LogP contribution < -0.4 is 0 Å². The van der Waals surface area contributed by atoms with Gasteiger partial charge in [0.15, 0.2) is 5.16 Å². The number of carboxylic acids is 2. The molecule has 30 heavy (non-hydrogen) atoms. The predicted molar refractivity (Wildman–Crippen MR) is 122 cm³/mol. The molecule has 172 valence electrons. The molecular weight excluding hydrogens is 400 g/mol. The molecule has 0 aliphatic carbocycles. The van der Waals surface area contributed by atoms with Crippen molar-refractivity contribution in [1.82, 2.24) is 9.55 Å². The van der Waals surface area contributed by atoms with Gasteiger partial charge in [-0.3, -0.25) is 9.59 Å². The number of rotatable bonds is 20. The largest absolute Gasteiger partial charge is 0.480 e. The molecule has 1 rings (SSSR count). The van der Waals surface area contributed by atoms with Crippen molar-refractivity contribution in [2.75, 3.05) is 0 Å². The predicted octanol–water partition coefficient (Wildman–Crippen LogP) is 6.38. The maximum atomic E-state index is 11.5. The molecule has 1 aromatic heterocycles. The molecule has 0 fully saturated rings. The van der Waals surface area contributed by atoms with Gasteiger partial charge in [-0.05, 0) is 6.42 Å². The van der Waals surface area contributed by atoms with E-state index in [4.69, 9.17) is 5.11 Å². The van der Waals surface area contributed by atoms with Gasteiger partial charge in [-0.25, -0.2) is 4.98 Å². The average molecular weight is 441 g/mol. The van der Waals surface area contributed by atoms with Crippen LogP contribution in [0.1, 0.15) is 103 Å². The van der Waals surface area contributed by atoms with E-state index in [1.807, 2.05) is 0 Å². The number of unbranched alkanes of at least 4 members (excludes halogenated alkanes) is 13. The van der Waals surface area contributed by atoms with Crippen LogP contribution in [0.4, 0.5) is 0 Å². The van der Waals surface area contributed by atoms with Crippen LogP contribution in [0.25, 0.3) is 0 Å². The van der Waals surface area contributed by atoms with Gasteiger partial charge >= 0.3 is 11.9 Å². The summed E-state index contributed by atoms with van der Waals surface area (Å²) in [6, 6.07) is 0. The van der Waals surface area contributed by atoms with Crippen LogP contribution in [-0.4, -0.2) is 37.0 Å². The van der Waals surface area contributed by atoms with Crippen molar-refractivity contribution in [2.24, 2.45) is 0 Å². The van der Waals surface area contributed by atoms with Crippen molar-refractivity contribution in [3.05, 3.63) is 12.4 Å². The summed E-state index contributed by atoms with van der Waals surface area (Å²) in [4.78, 5) is 26.5. The molecule has 0 saturated carbocycles. The highest BCUT2D eigenvalue weighted by molar-refractivity contribution is 8.00. The number of thioether (sulfide) groups is 1. The first kappa shape index (κ1) is 26.5. The Hall–Kier alpha value is -1.50. The lowest BCUT2D eigenvalue weighted by Gasteiger charge is -2.12. The van der Waals surface area contributed by atoms with Gasteiger partial charge in [0.2, 0.25) is 0 Å². The quantitative estimate of drug-likeness (QED) is 0.180. The first-order valence-electron chi connectivity index (χ1n) is 11.7. The van der Waals surface area contributed by atoms with Gasteiger partial charge in [-0.1, -0.05) is 109 Å². The zero-order chi connectivity index (χ0) is 22.0. The van der Waals surface area contributed by atoms with Crippen LogP contribution in [-0.2, 0) is 16.1 Å². The zero-order valence-corrected chi connectivity index (χ0v) is 19.4. The Balaban J connectivity index is 2.06. The minimum absolute atomic E-state index is 0.201. The van der Waals surface area contributed by atoms with Crippen molar-refractivity contribution in [2.45, 2.75) is 120 Å². The van der Waals surface area contributed by atoms with E-state index in [1.165, 1.54) is 81.4 Å². The molecule has 6 nitrogen and oxygen atoms in total. The average Bonchev–Trinajstić information content (AvgIpc) is 3.13. The first-order valence-corrected chi connectivity index (χ1v) is 12.5. The molecule has 0 amide bonds. The standard InChI is InChI=1S/C23H40N2O4S/c1-2-3-4-5-6-7-8-9-10-11-12-13-14-15-16-20(22(28)29)30-23-24-17-18-25(23)19-21(26)27/h17-18,20H,2-16,19H2,1H3,(H,26,27)(H,28,29). The molecule has 0 aliphatic rings. The van der Waals surface area contributed by atoms with E-state index in [-0.39, 0.29) is 6.54 Å². The number of aromatic nitrogens is 2. The molecule has 1 atom stereocenters. The fraction of sp³-hybridized carbons (Fsp3) is 0.783. The number of carbonyl (C=O) groups is 2. The van der Waals surface area contributed by atoms with Crippen molar-refractivity contribution in [1.29, 1.82) is 0 Å². The number of hydrogen-bond donors (Lipinski definition) is 2. The lowest BCUT2D eigenvalue weighted by molar-refractivity contribution is -0.138. The van der Waals surface area contributed by atoms with E-state index in [1.54, 1.807) is 6.20 Å². The Labute approximate surface area is 185 Å². The Morgan fingerprint density at radius 2 is 1.40 bits per heavy atom. The third kappa shape index (κ3) is 12.9. The van der Waals surface area contributed by atoms with Gasteiger partial charge in [0.05, 0.1) is 0 Å². The van der Waals surface area contributed by atoms with Gasteiger partial charge in [-0.2, -0.15) is 0 Å². The molecule has 2 N–H and O–H groups in total. The maximum Gasteiger partial charge on any atom is 0.323 e. The molecule has 0 saturated heterocycles. The normalized spacial score (nSPS) is 12.2. The fourth-order valence-electron chi connectivity index (χ4n) is 3.56. The number of aliphatic carboxylic acids is 2. The topological polar surface area (TPSA) is 92.4 Å². The van der Waals surface area contributed by atoms with Gasteiger partial charge < -0.3 is 14.8 Å². The smallest absolute Gasteiger partial charge is 0.323 e. The highest BCUT2D eigenvalue weighted by atomic mass is 32.2. The van der Waals surface area contributed by atoms with Crippen molar-refractivity contribution in [3.63, 3.8) is 0 Å². The van der Waals surface area contributed by atoms with Crippen LogP contribution in [0, 0.1) is 0 Å². The Morgan fingerprint density at radius 1 is 0.900 bits per heavy atom. The second-order valence-corrected chi connectivity index (χ2v) is 9.23. The van der Waals surface area contributed by atoms with Crippen molar-refractivity contribution in [3.8, 4) is 0 Å². The lowest BCUT2D eigenvalue weighted by Crippen LogP contribution is -2.18. The van der Waals surface area contributed by atoms with Crippen molar-refractivity contribution < 1.29 is 19.8 Å². The maximum absolute atomic E-state index is 11.5. The third-order valence-corrected chi connectivity index (χ3v) is 6.60.